The molecule has 1 rings (SSSR count). The van der Waals surface area contributed by atoms with Crippen LogP contribution in [0.15, 0.2) is 5.11 Å². The van der Waals surface area contributed by atoms with Crippen LogP contribution in [0.5, 0.6) is 0 Å². The maximum absolute atomic E-state index is 8.67. The molecule has 0 amide bonds. The van der Waals surface area contributed by atoms with Crippen LogP contribution in [0.25, 0.3) is 10.4 Å². The van der Waals surface area contributed by atoms with Gasteiger partial charge in [0.15, 0.2) is 0 Å². The minimum atomic E-state index is -1.97. The molecular weight excluding hydrogens is 327 g/mol. The molecule has 0 radical (unpaired) electrons. The smallest absolute Gasteiger partial charge is 0.265 e. The van der Waals surface area contributed by atoms with Crippen LogP contribution in [0.4, 0.5) is 0 Å². The second kappa shape index (κ2) is 7.05. The fraction of sp³-hybridized carbons (Fsp3) is 0.909. The maximum Gasteiger partial charge on any atom is 0.265 e. The highest BCUT2D eigenvalue weighted by molar-refractivity contribution is 6.76. The first-order chi connectivity index (χ1) is 9.22. The summed E-state index contributed by atoms with van der Waals surface area (Å²) in [5.41, 5.74) is 8.67. The zero-order valence-electron chi connectivity index (χ0n) is 11.4. The van der Waals surface area contributed by atoms with Crippen molar-refractivity contribution in [2.45, 2.75) is 49.4 Å². The van der Waals surface area contributed by atoms with Gasteiger partial charge >= 0.3 is 0 Å². The lowest BCUT2D eigenvalue weighted by atomic mass is 9.81. The molecule has 6 nitrogen and oxygen atoms in total. The Labute approximate surface area is 132 Å². The van der Waals surface area contributed by atoms with Gasteiger partial charge in [-0.1, -0.05) is 60.7 Å². The van der Waals surface area contributed by atoms with Crippen LogP contribution in [0.1, 0.15) is 27.2 Å². The Morgan fingerprint density at radius 2 is 2.00 bits per heavy atom. The SMILES string of the molecule is CC[C@@H]1O[C@H](OC(=N)C(Cl)(Cl)Cl)[C@@H](N=[N+]=[N-])C(C)[C@@H]1C. The zero-order chi connectivity index (χ0) is 15.5. The van der Waals surface area contributed by atoms with Gasteiger partial charge in [0, 0.05) is 4.91 Å². The highest BCUT2D eigenvalue weighted by atomic mass is 35.6. The topological polar surface area (TPSA) is 91.1 Å². The number of halogens is 3. The summed E-state index contributed by atoms with van der Waals surface area (Å²) in [7, 11) is 0. The van der Waals surface area contributed by atoms with Gasteiger partial charge in [0.05, 0.1) is 6.10 Å². The predicted octanol–water partition coefficient (Wildman–Crippen LogP) is 4.44. The Balaban J connectivity index is 2.94. The number of alkyl halides is 3. The van der Waals surface area contributed by atoms with E-state index in [1.54, 1.807) is 0 Å². The summed E-state index contributed by atoms with van der Waals surface area (Å²) in [4.78, 5) is 2.81. The highest BCUT2D eigenvalue weighted by Crippen LogP contribution is 2.36. The van der Waals surface area contributed by atoms with Gasteiger partial charge in [-0.15, -0.1) is 0 Å². The molecule has 0 spiro atoms. The van der Waals surface area contributed by atoms with Gasteiger partial charge in [-0.3, -0.25) is 5.41 Å². The minimum absolute atomic E-state index is 0.0257. The fourth-order valence-corrected chi connectivity index (χ4v) is 2.38. The minimum Gasteiger partial charge on any atom is -0.448 e. The number of ether oxygens (including phenoxy) is 2. The van der Waals surface area contributed by atoms with Crippen LogP contribution in [-0.2, 0) is 9.47 Å². The van der Waals surface area contributed by atoms with E-state index in [-0.39, 0.29) is 17.9 Å². The van der Waals surface area contributed by atoms with Gasteiger partial charge in [-0.2, -0.15) is 0 Å². The number of rotatable bonds is 3. The highest BCUT2D eigenvalue weighted by Gasteiger charge is 2.43. The van der Waals surface area contributed by atoms with Crippen LogP contribution in [-0.4, -0.2) is 28.1 Å². The molecular formula is C11H17Cl3N4O2. The van der Waals surface area contributed by atoms with E-state index in [9.17, 15) is 0 Å². The van der Waals surface area contributed by atoms with Gasteiger partial charge in [-0.25, -0.2) is 0 Å². The van der Waals surface area contributed by atoms with E-state index in [1.165, 1.54) is 0 Å². The van der Waals surface area contributed by atoms with Crippen molar-refractivity contribution in [1.29, 1.82) is 5.41 Å². The lowest BCUT2D eigenvalue weighted by Gasteiger charge is -2.42. The van der Waals surface area contributed by atoms with Crippen LogP contribution in [0, 0.1) is 17.2 Å². The lowest BCUT2D eigenvalue weighted by molar-refractivity contribution is -0.199. The maximum atomic E-state index is 8.67. The Kier molecular flexibility index (Phi) is 6.23. The Morgan fingerprint density at radius 1 is 1.40 bits per heavy atom. The number of hydrogen-bond acceptors (Lipinski definition) is 4. The summed E-state index contributed by atoms with van der Waals surface area (Å²) in [6, 6.07) is -0.578. The van der Waals surface area contributed by atoms with E-state index in [0.29, 0.717) is 0 Å². The molecule has 5 atom stereocenters. The van der Waals surface area contributed by atoms with Gasteiger partial charge in [0.1, 0.15) is 6.04 Å². The lowest BCUT2D eigenvalue weighted by Crippen LogP contribution is -2.50. The first kappa shape index (κ1) is 17.7. The van der Waals surface area contributed by atoms with Crippen molar-refractivity contribution >= 4 is 40.7 Å². The first-order valence-corrected chi connectivity index (χ1v) is 7.37. The summed E-state index contributed by atoms with van der Waals surface area (Å²) in [5.74, 6) is -0.336. The molecule has 20 heavy (non-hydrogen) atoms. The average Bonchev–Trinajstić information content (AvgIpc) is 2.36. The third-order valence-electron chi connectivity index (χ3n) is 3.62. The van der Waals surface area contributed by atoms with Crippen molar-refractivity contribution in [3.63, 3.8) is 0 Å². The molecule has 0 bridgehead atoms. The zero-order valence-corrected chi connectivity index (χ0v) is 13.7. The second-order valence-corrected chi connectivity index (χ2v) is 7.09. The third kappa shape index (κ3) is 4.06. The summed E-state index contributed by atoms with van der Waals surface area (Å²) in [6.45, 7) is 5.96. The van der Waals surface area contributed by atoms with E-state index in [2.05, 4.69) is 10.0 Å². The van der Waals surface area contributed by atoms with E-state index in [1.807, 2.05) is 20.8 Å². The van der Waals surface area contributed by atoms with Crippen LogP contribution < -0.4 is 0 Å². The third-order valence-corrected chi connectivity index (χ3v) is 4.14. The summed E-state index contributed by atoms with van der Waals surface area (Å²) < 4.78 is 9.04. The summed E-state index contributed by atoms with van der Waals surface area (Å²) >= 11 is 16.8. The first-order valence-electron chi connectivity index (χ1n) is 6.24. The van der Waals surface area contributed by atoms with Gasteiger partial charge < -0.3 is 9.47 Å². The van der Waals surface area contributed by atoms with E-state index < -0.39 is 22.0 Å². The van der Waals surface area contributed by atoms with Crippen molar-refractivity contribution < 1.29 is 9.47 Å². The van der Waals surface area contributed by atoms with Crippen molar-refractivity contribution in [2.24, 2.45) is 17.0 Å². The Morgan fingerprint density at radius 3 is 2.45 bits per heavy atom. The van der Waals surface area contributed by atoms with E-state index in [4.69, 9.17) is 55.2 Å². The van der Waals surface area contributed by atoms with Gasteiger partial charge in [0.2, 0.25) is 12.2 Å². The summed E-state index contributed by atoms with van der Waals surface area (Å²) in [5, 5.41) is 11.3. The Bertz CT molecular complexity index is 409. The normalized spacial score (nSPS) is 34.2. The van der Waals surface area contributed by atoms with Crippen LogP contribution in [0.2, 0.25) is 0 Å². The molecule has 1 saturated heterocycles. The molecule has 1 fully saturated rings. The van der Waals surface area contributed by atoms with Gasteiger partial charge in [0.25, 0.3) is 3.79 Å². The standard InChI is InChI=1S/C11H17Cl3N4O2/c1-4-7-5(2)6(3)8(17-18-16)9(19-7)20-10(15)11(12,13)14/h5-9,15H,4H2,1-3H3/t5-,6?,7-,8-,9+/m0/s1. The van der Waals surface area contributed by atoms with Crippen molar-refractivity contribution in [1.82, 2.24) is 0 Å². The number of nitrogens with one attached hydrogen (secondary N) is 1. The van der Waals surface area contributed by atoms with Crippen LogP contribution in [0.3, 0.4) is 0 Å². The molecule has 1 N–H and O–H groups in total. The average molecular weight is 344 g/mol. The van der Waals surface area contributed by atoms with Crippen molar-refractivity contribution in [3.05, 3.63) is 10.4 Å². The summed E-state index contributed by atoms with van der Waals surface area (Å²) in [6.07, 6.45) is -0.219. The molecule has 0 aromatic carbocycles. The molecule has 1 aliphatic heterocycles. The fourth-order valence-electron chi connectivity index (χ4n) is 2.24. The molecule has 0 aromatic heterocycles. The molecule has 9 heteroatoms. The van der Waals surface area contributed by atoms with E-state index in [0.717, 1.165) is 6.42 Å². The van der Waals surface area contributed by atoms with Crippen molar-refractivity contribution in [2.75, 3.05) is 0 Å². The van der Waals surface area contributed by atoms with Crippen molar-refractivity contribution in [3.8, 4) is 0 Å². The molecule has 1 unspecified atom stereocenters. The molecule has 0 aliphatic carbocycles. The molecule has 1 heterocycles. The molecule has 0 aromatic rings. The molecule has 1 aliphatic rings. The van der Waals surface area contributed by atoms with Gasteiger partial charge in [-0.05, 0) is 23.8 Å². The Hall–Kier alpha value is -0.390. The largest absolute Gasteiger partial charge is 0.448 e. The predicted molar refractivity (Wildman–Crippen MR) is 79.3 cm³/mol. The monoisotopic (exact) mass is 342 g/mol. The molecule has 0 saturated carbocycles. The number of hydrogen-bond donors (Lipinski definition) is 1. The number of nitrogens with zero attached hydrogens (tertiary/aromatic N) is 3. The quantitative estimate of drug-likeness (QED) is 0.205. The number of azide groups is 1. The second-order valence-electron chi connectivity index (χ2n) is 4.81. The van der Waals surface area contributed by atoms with Crippen LogP contribution >= 0.6 is 34.8 Å². The molecule has 114 valence electrons. The van der Waals surface area contributed by atoms with E-state index >= 15 is 0 Å².